The summed E-state index contributed by atoms with van der Waals surface area (Å²) in [6, 6.07) is 6.50. The smallest absolute Gasteiger partial charge is 0.286 e. The van der Waals surface area contributed by atoms with Crippen molar-refractivity contribution >= 4 is 17.5 Å². The zero-order valence-corrected chi connectivity index (χ0v) is 13.6. The maximum atomic E-state index is 12.8. The number of allylic oxidation sites excluding steroid dienone is 2. The van der Waals surface area contributed by atoms with Gasteiger partial charge in [0.2, 0.25) is 6.29 Å². The molecule has 1 unspecified atom stereocenters. The molecule has 1 heterocycles. The number of carbonyl (C=O) groups excluding carboxylic acids is 3. The molecule has 0 bridgehead atoms. The van der Waals surface area contributed by atoms with Crippen molar-refractivity contribution in [3.63, 3.8) is 0 Å². The molecule has 130 valence electrons. The van der Waals surface area contributed by atoms with E-state index in [1.807, 2.05) is 0 Å². The molecule has 1 aromatic carbocycles. The third-order valence-electron chi connectivity index (χ3n) is 4.00. The van der Waals surface area contributed by atoms with E-state index in [2.05, 4.69) is 5.32 Å². The molecule has 0 aromatic heterocycles. The lowest BCUT2D eigenvalue weighted by Crippen LogP contribution is -2.37. The largest absolute Gasteiger partial charge is 0.455 e. The van der Waals surface area contributed by atoms with Crippen molar-refractivity contribution in [2.45, 2.75) is 12.7 Å². The van der Waals surface area contributed by atoms with Gasteiger partial charge in [0.05, 0.1) is 5.57 Å². The Morgan fingerprint density at radius 1 is 1.24 bits per heavy atom. The summed E-state index contributed by atoms with van der Waals surface area (Å²) in [5, 5.41) is 11.3. The van der Waals surface area contributed by atoms with Gasteiger partial charge in [-0.05, 0) is 12.5 Å². The number of Topliss-reactive ketones (excluding diaryl/α,β-unsaturated/α-hetero) is 2. The number of fused-ring (bicyclic) bond motifs is 1. The third kappa shape index (κ3) is 2.99. The minimum atomic E-state index is -1.14. The molecule has 0 saturated carbocycles. The van der Waals surface area contributed by atoms with Gasteiger partial charge in [-0.2, -0.15) is 0 Å². The van der Waals surface area contributed by atoms with Crippen molar-refractivity contribution in [1.29, 1.82) is 0 Å². The van der Waals surface area contributed by atoms with Gasteiger partial charge in [0, 0.05) is 37.0 Å². The van der Waals surface area contributed by atoms with Crippen molar-refractivity contribution < 1.29 is 29.0 Å². The molecular weight excluding hydrogens is 326 g/mol. The Bertz CT molecular complexity index is 808. The van der Waals surface area contributed by atoms with Gasteiger partial charge in [-0.25, -0.2) is 0 Å². The standard InChI is InChI=1S/C18H17NO6/c1-24-18-14-12(9-13(25-18)17(23)19-7-4-8-20)15(21)10-5-2-3-6-11(10)16(14)22/h2-3,5-6,9,18,20H,4,7-8H2,1H3,(H,19,23). The SMILES string of the molecule is COC1OC(C(=O)NCCCO)=CC2=C1C(=O)c1ccccc1C2=O. The molecule has 0 radical (unpaired) electrons. The van der Waals surface area contributed by atoms with Crippen LogP contribution in [0, 0.1) is 0 Å². The summed E-state index contributed by atoms with van der Waals surface area (Å²) in [7, 11) is 1.33. The van der Waals surface area contributed by atoms with Crippen LogP contribution in [-0.2, 0) is 14.3 Å². The second-order valence-corrected chi connectivity index (χ2v) is 5.56. The molecule has 0 saturated heterocycles. The number of hydrogen-bond donors (Lipinski definition) is 2. The lowest BCUT2D eigenvalue weighted by molar-refractivity contribution is -0.128. The number of amides is 1. The van der Waals surface area contributed by atoms with Crippen LogP contribution in [-0.4, -0.2) is 49.1 Å². The minimum absolute atomic E-state index is 0.0556. The number of nitrogens with one attached hydrogen (secondary N) is 1. The third-order valence-corrected chi connectivity index (χ3v) is 4.00. The van der Waals surface area contributed by atoms with Gasteiger partial charge in [-0.15, -0.1) is 0 Å². The molecule has 1 aliphatic heterocycles. The number of hydrogen-bond acceptors (Lipinski definition) is 6. The van der Waals surface area contributed by atoms with E-state index in [1.165, 1.54) is 13.2 Å². The molecule has 7 heteroatoms. The first-order chi connectivity index (χ1) is 12.1. The molecule has 0 spiro atoms. The Morgan fingerprint density at radius 3 is 2.56 bits per heavy atom. The maximum absolute atomic E-state index is 12.8. The number of ketones is 2. The number of carbonyl (C=O) groups is 3. The van der Waals surface area contributed by atoms with E-state index < -0.39 is 12.2 Å². The topological polar surface area (TPSA) is 102 Å². The van der Waals surface area contributed by atoms with Crippen LogP contribution in [0.5, 0.6) is 0 Å². The molecule has 3 rings (SSSR count). The molecule has 0 fully saturated rings. The minimum Gasteiger partial charge on any atom is -0.455 e. The highest BCUT2D eigenvalue weighted by atomic mass is 16.7. The fraction of sp³-hybridized carbons (Fsp3) is 0.278. The van der Waals surface area contributed by atoms with Gasteiger partial charge < -0.3 is 19.9 Å². The lowest BCUT2D eigenvalue weighted by Gasteiger charge is -2.29. The van der Waals surface area contributed by atoms with E-state index in [9.17, 15) is 14.4 Å². The summed E-state index contributed by atoms with van der Waals surface area (Å²) < 4.78 is 10.7. The van der Waals surface area contributed by atoms with Crippen LogP contribution in [0.25, 0.3) is 0 Å². The van der Waals surface area contributed by atoms with Gasteiger partial charge in [0.25, 0.3) is 5.91 Å². The van der Waals surface area contributed by atoms with Gasteiger partial charge in [0.1, 0.15) is 0 Å². The highest BCUT2D eigenvalue weighted by Crippen LogP contribution is 2.34. The molecule has 1 aromatic rings. The summed E-state index contributed by atoms with van der Waals surface area (Å²) in [5.74, 6) is -1.35. The number of methoxy groups -OCH3 is 1. The normalized spacial score (nSPS) is 19.0. The Kier molecular flexibility index (Phi) is 4.78. The van der Waals surface area contributed by atoms with Crippen LogP contribution < -0.4 is 5.32 Å². The first-order valence-electron chi connectivity index (χ1n) is 7.81. The number of rotatable bonds is 5. The van der Waals surface area contributed by atoms with Crippen molar-refractivity contribution in [2.75, 3.05) is 20.3 Å². The first kappa shape index (κ1) is 17.1. The second kappa shape index (κ2) is 7.00. The Balaban J connectivity index is 1.99. The number of aliphatic hydroxyl groups is 1. The fourth-order valence-electron chi connectivity index (χ4n) is 2.78. The van der Waals surface area contributed by atoms with Crippen molar-refractivity contribution in [3.8, 4) is 0 Å². The van der Waals surface area contributed by atoms with Crippen LogP contribution in [0.4, 0.5) is 0 Å². The maximum Gasteiger partial charge on any atom is 0.286 e. The summed E-state index contributed by atoms with van der Waals surface area (Å²) in [6.07, 6.45) is 0.532. The molecular formula is C18H17NO6. The monoisotopic (exact) mass is 343 g/mol. The van der Waals surface area contributed by atoms with Crippen LogP contribution in [0.1, 0.15) is 27.1 Å². The average Bonchev–Trinajstić information content (AvgIpc) is 2.65. The van der Waals surface area contributed by atoms with Gasteiger partial charge in [0.15, 0.2) is 17.3 Å². The second-order valence-electron chi connectivity index (χ2n) is 5.56. The van der Waals surface area contributed by atoms with E-state index in [4.69, 9.17) is 14.6 Å². The van der Waals surface area contributed by atoms with E-state index >= 15 is 0 Å². The fourth-order valence-corrected chi connectivity index (χ4v) is 2.78. The molecule has 1 amide bonds. The molecule has 1 aliphatic carbocycles. The summed E-state index contributed by atoms with van der Waals surface area (Å²) >= 11 is 0. The number of benzene rings is 1. The summed E-state index contributed by atoms with van der Waals surface area (Å²) in [5.41, 5.74) is 0.785. The van der Waals surface area contributed by atoms with Crippen molar-refractivity contribution in [2.24, 2.45) is 0 Å². The highest BCUT2D eigenvalue weighted by Gasteiger charge is 2.40. The van der Waals surface area contributed by atoms with Crippen LogP contribution in [0.15, 0.2) is 47.2 Å². The van der Waals surface area contributed by atoms with Gasteiger partial charge in [-0.1, -0.05) is 24.3 Å². The van der Waals surface area contributed by atoms with Crippen LogP contribution in [0.3, 0.4) is 0 Å². The number of ether oxygens (including phenoxy) is 2. The van der Waals surface area contributed by atoms with Crippen molar-refractivity contribution in [3.05, 3.63) is 58.4 Å². The van der Waals surface area contributed by atoms with E-state index in [0.717, 1.165) is 0 Å². The predicted molar refractivity (Wildman–Crippen MR) is 86.8 cm³/mol. The van der Waals surface area contributed by atoms with E-state index in [0.29, 0.717) is 17.5 Å². The molecule has 25 heavy (non-hydrogen) atoms. The predicted octanol–water partition coefficient (Wildman–Crippen LogP) is 0.747. The molecule has 7 nitrogen and oxygen atoms in total. The van der Waals surface area contributed by atoms with Crippen LogP contribution in [0.2, 0.25) is 0 Å². The highest BCUT2D eigenvalue weighted by molar-refractivity contribution is 6.28. The number of aliphatic hydroxyl groups excluding tert-OH is 1. The molecule has 2 N–H and O–H groups in total. The van der Waals surface area contributed by atoms with Crippen molar-refractivity contribution in [1.82, 2.24) is 5.32 Å². The Labute approximate surface area is 143 Å². The van der Waals surface area contributed by atoms with Gasteiger partial charge >= 0.3 is 0 Å². The molecule has 2 aliphatic rings. The van der Waals surface area contributed by atoms with Crippen LogP contribution >= 0.6 is 0 Å². The summed E-state index contributed by atoms with van der Waals surface area (Å²) in [6.45, 7) is 0.204. The van der Waals surface area contributed by atoms with Gasteiger partial charge in [-0.3, -0.25) is 14.4 Å². The lowest BCUT2D eigenvalue weighted by atomic mass is 9.82. The quantitative estimate of drug-likeness (QED) is 0.765. The zero-order valence-electron chi connectivity index (χ0n) is 13.6. The average molecular weight is 343 g/mol. The zero-order chi connectivity index (χ0) is 18.0. The first-order valence-corrected chi connectivity index (χ1v) is 7.81. The van der Waals surface area contributed by atoms with E-state index in [-0.39, 0.29) is 41.6 Å². The molecule has 1 atom stereocenters. The summed E-state index contributed by atoms with van der Waals surface area (Å²) in [4.78, 5) is 37.7. The Morgan fingerprint density at radius 2 is 1.92 bits per heavy atom. The Hall–Kier alpha value is -2.77. The van der Waals surface area contributed by atoms with E-state index in [1.54, 1.807) is 24.3 Å².